The number of ether oxygens (including phenoxy) is 4. The number of hydrogen-bond acceptors (Lipinski definition) is 8. The first-order valence-electron chi connectivity index (χ1n) is 10.3. The molecule has 1 aromatic carbocycles. The molecule has 0 radical (unpaired) electrons. The topological polar surface area (TPSA) is 124 Å². The van der Waals surface area contributed by atoms with Crippen molar-refractivity contribution in [3.05, 3.63) is 35.9 Å². The standard InChI is InChI=1S/C22H34N2O8/c1-22(2,3)32-21(28)23-12-20(27)24(13-17-8-6-5-7-9-17)18(14-25)19(26)15-31-16-30-11-10-29-4/h5-9,18,25H,10-16H2,1-4H3,(H,23,28)/t18-/m1/s1. The number of aliphatic hydroxyl groups excluding tert-OH is 1. The van der Waals surface area contributed by atoms with Gasteiger partial charge in [0.1, 0.15) is 31.6 Å². The van der Waals surface area contributed by atoms with Crippen molar-refractivity contribution in [2.24, 2.45) is 0 Å². The van der Waals surface area contributed by atoms with E-state index in [1.54, 1.807) is 45.0 Å². The first-order chi connectivity index (χ1) is 15.2. The van der Waals surface area contributed by atoms with E-state index in [9.17, 15) is 19.5 Å². The molecular formula is C22H34N2O8. The van der Waals surface area contributed by atoms with Crippen molar-refractivity contribution in [1.82, 2.24) is 10.2 Å². The third kappa shape index (κ3) is 11.2. The van der Waals surface area contributed by atoms with Crippen molar-refractivity contribution >= 4 is 17.8 Å². The third-order valence-corrected chi connectivity index (χ3v) is 4.06. The monoisotopic (exact) mass is 454 g/mol. The number of alkyl carbamates (subject to hydrolysis) is 1. The lowest BCUT2D eigenvalue weighted by Crippen LogP contribution is -2.51. The molecule has 0 aliphatic carbocycles. The number of carbonyl (C=O) groups is 3. The SMILES string of the molecule is COCCOCOCC(=O)[C@@H](CO)N(Cc1ccccc1)C(=O)CNC(=O)OC(C)(C)C. The normalized spacial score (nSPS) is 12.2. The molecule has 0 aliphatic heterocycles. The zero-order chi connectivity index (χ0) is 24.0. The molecule has 180 valence electrons. The van der Waals surface area contributed by atoms with E-state index in [-0.39, 0.29) is 19.9 Å². The van der Waals surface area contributed by atoms with Crippen molar-refractivity contribution in [2.45, 2.75) is 39.0 Å². The van der Waals surface area contributed by atoms with Gasteiger partial charge >= 0.3 is 6.09 Å². The molecule has 10 nitrogen and oxygen atoms in total. The van der Waals surface area contributed by atoms with Gasteiger partial charge in [-0.3, -0.25) is 9.59 Å². The van der Waals surface area contributed by atoms with Crippen LogP contribution >= 0.6 is 0 Å². The highest BCUT2D eigenvalue weighted by Crippen LogP contribution is 2.11. The maximum Gasteiger partial charge on any atom is 0.408 e. The summed E-state index contributed by atoms with van der Waals surface area (Å²) in [7, 11) is 1.54. The Morgan fingerprint density at radius 3 is 2.38 bits per heavy atom. The van der Waals surface area contributed by atoms with Crippen LogP contribution in [0.2, 0.25) is 0 Å². The number of nitrogens with zero attached hydrogens (tertiary/aromatic N) is 1. The average molecular weight is 455 g/mol. The lowest BCUT2D eigenvalue weighted by molar-refractivity contribution is -0.146. The van der Waals surface area contributed by atoms with Gasteiger partial charge < -0.3 is 34.3 Å². The van der Waals surface area contributed by atoms with Crippen molar-refractivity contribution in [3.63, 3.8) is 0 Å². The number of Topliss-reactive ketones (excluding diaryl/α,β-unsaturated/α-hetero) is 1. The van der Waals surface area contributed by atoms with Gasteiger partial charge in [-0.05, 0) is 26.3 Å². The highest BCUT2D eigenvalue weighted by Gasteiger charge is 2.30. The van der Waals surface area contributed by atoms with Gasteiger partial charge in [0.05, 0.1) is 19.8 Å². The van der Waals surface area contributed by atoms with Crippen molar-refractivity contribution in [1.29, 1.82) is 0 Å². The minimum atomic E-state index is -1.15. The van der Waals surface area contributed by atoms with E-state index < -0.39 is 42.6 Å². The number of amides is 2. The average Bonchev–Trinajstić information content (AvgIpc) is 2.74. The van der Waals surface area contributed by atoms with E-state index >= 15 is 0 Å². The highest BCUT2D eigenvalue weighted by molar-refractivity contribution is 5.91. The van der Waals surface area contributed by atoms with Crippen LogP contribution in [0.4, 0.5) is 4.79 Å². The van der Waals surface area contributed by atoms with Crippen molar-refractivity contribution in [2.75, 3.05) is 46.9 Å². The second-order valence-electron chi connectivity index (χ2n) is 7.89. The van der Waals surface area contributed by atoms with Crippen LogP contribution in [-0.4, -0.2) is 86.3 Å². The molecule has 0 fully saturated rings. The predicted molar refractivity (Wildman–Crippen MR) is 116 cm³/mol. The summed E-state index contributed by atoms with van der Waals surface area (Å²) < 4.78 is 20.3. The van der Waals surface area contributed by atoms with E-state index in [1.807, 2.05) is 6.07 Å². The Morgan fingerprint density at radius 1 is 1.09 bits per heavy atom. The van der Waals surface area contributed by atoms with Gasteiger partial charge in [-0.25, -0.2) is 4.79 Å². The number of hydrogen-bond donors (Lipinski definition) is 2. The molecule has 2 amide bonds. The number of nitrogens with one attached hydrogen (secondary N) is 1. The Hall–Kier alpha value is -2.53. The molecule has 0 aliphatic rings. The van der Waals surface area contributed by atoms with Gasteiger partial charge in [0.2, 0.25) is 5.91 Å². The van der Waals surface area contributed by atoms with Crippen molar-refractivity contribution in [3.8, 4) is 0 Å². The van der Waals surface area contributed by atoms with Crippen molar-refractivity contribution < 1.29 is 38.4 Å². The Morgan fingerprint density at radius 2 is 1.78 bits per heavy atom. The fraction of sp³-hybridized carbons (Fsp3) is 0.591. The van der Waals surface area contributed by atoms with E-state index in [0.717, 1.165) is 5.56 Å². The van der Waals surface area contributed by atoms with Gasteiger partial charge in [0, 0.05) is 13.7 Å². The van der Waals surface area contributed by atoms with Crippen LogP contribution in [0.15, 0.2) is 30.3 Å². The molecule has 1 aromatic rings. The molecule has 0 saturated carbocycles. The fourth-order valence-electron chi connectivity index (χ4n) is 2.59. The van der Waals surface area contributed by atoms with Crippen LogP contribution in [0, 0.1) is 0 Å². The Balaban J connectivity index is 2.80. The van der Waals surface area contributed by atoms with Crippen LogP contribution in [0.5, 0.6) is 0 Å². The summed E-state index contributed by atoms with van der Waals surface area (Å²) in [6, 6.07) is 7.86. The van der Waals surface area contributed by atoms with E-state index in [0.29, 0.717) is 13.2 Å². The zero-order valence-electron chi connectivity index (χ0n) is 19.2. The third-order valence-electron chi connectivity index (χ3n) is 4.06. The number of benzene rings is 1. The largest absolute Gasteiger partial charge is 0.444 e. The first kappa shape index (κ1) is 27.5. The van der Waals surface area contributed by atoms with Gasteiger partial charge in [0.25, 0.3) is 0 Å². The molecule has 0 bridgehead atoms. The van der Waals surface area contributed by atoms with Gasteiger partial charge in [-0.15, -0.1) is 0 Å². The lowest BCUT2D eigenvalue weighted by atomic mass is 10.1. The van der Waals surface area contributed by atoms with E-state index in [1.165, 1.54) is 12.0 Å². The first-order valence-corrected chi connectivity index (χ1v) is 10.3. The Kier molecular flexibility index (Phi) is 12.5. The summed E-state index contributed by atoms with van der Waals surface area (Å²) in [6.45, 7) is 4.40. The molecule has 0 aromatic heterocycles. The number of ketones is 1. The molecule has 32 heavy (non-hydrogen) atoms. The maximum atomic E-state index is 12.9. The minimum absolute atomic E-state index is 0.0664. The van der Waals surface area contributed by atoms with Crippen LogP contribution in [-0.2, 0) is 35.1 Å². The highest BCUT2D eigenvalue weighted by atomic mass is 16.7. The van der Waals surface area contributed by atoms with Gasteiger partial charge in [-0.2, -0.15) is 0 Å². The summed E-state index contributed by atoms with van der Waals surface area (Å²) in [5.41, 5.74) is 0.0385. The summed E-state index contributed by atoms with van der Waals surface area (Å²) in [6.07, 6.45) is -0.756. The quantitative estimate of drug-likeness (QED) is 0.316. The van der Waals surface area contributed by atoms with Crippen LogP contribution in [0.1, 0.15) is 26.3 Å². The molecule has 1 atom stereocenters. The van der Waals surface area contributed by atoms with Gasteiger partial charge in [-0.1, -0.05) is 30.3 Å². The van der Waals surface area contributed by atoms with E-state index in [2.05, 4.69) is 5.32 Å². The zero-order valence-corrected chi connectivity index (χ0v) is 19.2. The van der Waals surface area contributed by atoms with Crippen LogP contribution in [0.25, 0.3) is 0 Å². The predicted octanol–water partition coefficient (Wildman–Crippen LogP) is 1.11. The fourth-order valence-corrected chi connectivity index (χ4v) is 2.59. The number of rotatable bonds is 14. The summed E-state index contributed by atoms with van der Waals surface area (Å²) in [5, 5.41) is 12.3. The molecule has 0 saturated heterocycles. The smallest absolute Gasteiger partial charge is 0.408 e. The minimum Gasteiger partial charge on any atom is -0.444 e. The summed E-state index contributed by atoms with van der Waals surface area (Å²) >= 11 is 0. The lowest BCUT2D eigenvalue weighted by Gasteiger charge is -2.30. The van der Waals surface area contributed by atoms with E-state index in [4.69, 9.17) is 18.9 Å². The molecular weight excluding hydrogens is 420 g/mol. The molecule has 1 rings (SSSR count). The number of aliphatic hydroxyl groups is 1. The summed E-state index contributed by atoms with van der Waals surface area (Å²) in [5.74, 6) is -1.05. The molecule has 10 heteroatoms. The molecule has 0 unspecified atom stereocenters. The second kappa shape index (κ2) is 14.5. The number of methoxy groups -OCH3 is 1. The Bertz CT molecular complexity index is 706. The van der Waals surface area contributed by atoms with Crippen LogP contribution < -0.4 is 5.32 Å². The second-order valence-corrected chi connectivity index (χ2v) is 7.89. The molecule has 2 N–H and O–H groups in total. The molecule has 0 spiro atoms. The number of carbonyl (C=O) groups excluding carboxylic acids is 3. The summed E-state index contributed by atoms with van der Waals surface area (Å²) in [4.78, 5) is 38.7. The van der Waals surface area contributed by atoms with Gasteiger partial charge in [0.15, 0.2) is 5.78 Å². The van der Waals surface area contributed by atoms with Crippen LogP contribution in [0.3, 0.4) is 0 Å². The maximum absolute atomic E-state index is 12.9. The Labute approximate surface area is 188 Å². The molecule has 0 heterocycles.